The van der Waals surface area contributed by atoms with Crippen LogP contribution in [0.25, 0.3) is 0 Å². The zero-order valence-corrected chi connectivity index (χ0v) is 22.8. The first-order valence-electron chi connectivity index (χ1n) is 12.0. The minimum Gasteiger partial charge on any atom is -0.466 e. The first kappa shape index (κ1) is 25.4. The summed E-state index contributed by atoms with van der Waals surface area (Å²) in [6.07, 6.45) is 5.67. The maximum atomic E-state index is 11.9. The molecule has 1 saturated carbocycles. The number of rotatable bonds is 7. The second-order valence-corrected chi connectivity index (χ2v) is 14.1. The van der Waals surface area contributed by atoms with Gasteiger partial charge in [-0.25, -0.2) is 4.79 Å². The number of hydrogen-bond acceptors (Lipinski definition) is 3. The van der Waals surface area contributed by atoms with E-state index in [1.54, 1.807) is 6.08 Å². The molecule has 0 bridgehead atoms. The molecule has 0 spiro atoms. The van der Waals surface area contributed by atoms with Crippen molar-refractivity contribution in [3.05, 3.63) is 83.9 Å². The molecule has 0 aliphatic heterocycles. The van der Waals surface area contributed by atoms with Gasteiger partial charge in [-0.2, -0.15) is 0 Å². The summed E-state index contributed by atoms with van der Waals surface area (Å²) < 4.78 is 12.1. The van der Waals surface area contributed by atoms with Crippen molar-refractivity contribution in [3.63, 3.8) is 0 Å². The zero-order chi connectivity index (χ0) is 24.3. The summed E-state index contributed by atoms with van der Waals surface area (Å²) in [6.45, 7) is 13.8. The molecule has 0 heterocycles. The van der Waals surface area contributed by atoms with Crippen molar-refractivity contribution in [2.45, 2.75) is 65.0 Å². The van der Waals surface area contributed by atoms with Crippen LogP contribution in [-0.4, -0.2) is 22.8 Å². The average Bonchev–Trinajstić information content (AvgIpc) is 3.03. The number of esters is 1. The molecule has 0 saturated heterocycles. The van der Waals surface area contributed by atoms with Crippen LogP contribution in [0.15, 0.2) is 72.8 Å². The monoisotopic (exact) mass is 464 g/mol. The quantitative estimate of drug-likeness (QED) is 0.269. The van der Waals surface area contributed by atoms with Crippen LogP contribution >= 0.6 is 0 Å². The van der Waals surface area contributed by atoms with Gasteiger partial charge in [0.25, 0.3) is 0 Å². The fourth-order valence-corrected chi connectivity index (χ4v) is 6.59. The molecule has 4 heteroatoms. The Labute approximate surface area is 202 Å². The van der Waals surface area contributed by atoms with E-state index in [1.165, 1.54) is 18.2 Å². The predicted molar refractivity (Wildman–Crippen MR) is 139 cm³/mol. The van der Waals surface area contributed by atoms with Crippen LogP contribution in [0.1, 0.15) is 65.5 Å². The summed E-state index contributed by atoms with van der Waals surface area (Å²) in [7, 11) is 0.548. The smallest absolute Gasteiger partial charge is 0.330 e. The van der Waals surface area contributed by atoms with Crippen molar-refractivity contribution in [1.29, 1.82) is 0 Å². The molecule has 1 fully saturated rings. The van der Waals surface area contributed by atoms with Crippen molar-refractivity contribution < 1.29 is 14.0 Å². The van der Waals surface area contributed by atoms with Gasteiger partial charge in [0, 0.05) is 12.0 Å². The molecule has 2 unspecified atom stereocenters. The van der Waals surface area contributed by atoms with Gasteiger partial charge in [0.15, 0.2) is 9.76 Å². The average molecular weight is 465 g/mol. The van der Waals surface area contributed by atoms with Gasteiger partial charge < -0.3 is 9.16 Å². The van der Waals surface area contributed by atoms with Crippen molar-refractivity contribution in [2.24, 2.45) is 16.7 Å². The highest BCUT2D eigenvalue weighted by atomic mass is 28.2. The summed E-state index contributed by atoms with van der Waals surface area (Å²) in [6, 6.07) is 21.5. The normalized spacial score (nSPS) is 23.4. The Bertz CT molecular complexity index is 920. The molecule has 2 aromatic carbocycles. The topological polar surface area (TPSA) is 35.5 Å². The summed E-state index contributed by atoms with van der Waals surface area (Å²) in [4.78, 5) is 11.9. The Balaban J connectivity index is 2.21. The molecule has 3 rings (SSSR count). The van der Waals surface area contributed by atoms with Gasteiger partial charge in [-0.1, -0.05) is 108 Å². The van der Waals surface area contributed by atoms with E-state index >= 15 is 0 Å². The van der Waals surface area contributed by atoms with Crippen LogP contribution in [0.2, 0.25) is 5.04 Å². The van der Waals surface area contributed by atoms with E-state index in [1.807, 2.05) is 0 Å². The van der Waals surface area contributed by atoms with Crippen LogP contribution in [0.3, 0.4) is 0 Å². The van der Waals surface area contributed by atoms with Gasteiger partial charge in [0.05, 0.1) is 7.11 Å². The lowest BCUT2D eigenvalue weighted by atomic mass is 9.59. The molecule has 33 heavy (non-hydrogen) atoms. The molecule has 2 atom stereocenters. The molecular weight excluding hydrogens is 424 g/mol. The Morgan fingerprint density at radius 1 is 0.970 bits per heavy atom. The standard InChI is InChI=1S/C29H40O3Si/c1-26(2,3)33-32-29(22-14-10-8-11-15-22,23-16-12-9-13-17-23)24-18-20-28(6,27(24,4)5)21-19-25(30)31-7/h8-17,19,21,24H,18,20,33H2,1-7H3. The van der Waals surface area contributed by atoms with Crippen molar-refractivity contribution in [1.82, 2.24) is 0 Å². The highest BCUT2D eigenvalue weighted by Crippen LogP contribution is 2.64. The molecule has 1 aliphatic carbocycles. The van der Waals surface area contributed by atoms with E-state index in [4.69, 9.17) is 9.16 Å². The number of hydrogen-bond donors (Lipinski definition) is 0. The first-order valence-corrected chi connectivity index (χ1v) is 13.3. The maximum Gasteiger partial charge on any atom is 0.330 e. The number of ether oxygens (including phenoxy) is 1. The largest absolute Gasteiger partial charge is 0.466 e. The van der Waals surface area contributed by atoms with E-state index in [2.05, 4.69) is 108 Å². The number of carbonyl (C=O) groups excluding carboxylic acids is 1. The fourth-order valence-electron chi connectivity index (χ4n) is 5.39. The molecule has 2 aromatic rings. The van der Waals surface area contributed by atoms with E-state index in [-0.39, 0.29) is 27.8 Å². The SMILES string of the molecule is COC(=O)C=CC1(C)CCC(C(O[SiH2]C(C)(C)C)(c2ccccc2)c2ccccc2)C1(C)C. The lowest BCUT2D eigenvalue weighted by molar-refractivity contribution is -0.134. The number of benzene rings is 2. The highest BCUT2D eigenvalue weighted by Gasteiger charge is 2.59. The second-order valence-electron chi connectivity index (χ2n) is 11.4. The third kappa shape index (κ3) is 5.02. The summed E-state index contributed by atoms with van der Waals surface area (Å²) in [5, 5.41) is 0.158. The van der Waals surface area contributed by atoms with Crippen LogP contribution in [0.5, 0.6) is 0 Å². The van der Waals surface area contributed by atoms with E-state index in [0.717, 1.165) is 12.8 Å². The van der Waals surface area contributed by atoms with Crippen molar-refractivity contribution >= 4 is 15.7 Å². The fraction of sp³-hybridized carbons (Fsp3) is 0.483. The van der Waals surface area contributed by atoms with Gasteiger partial charge >= 0.3 is 5.97 Å². The third-order valence-electron chi connectivity index (χ3n) is 7.71. The minimum absolute atomic E-state index is 0.129. The van der Waals surface area contributed by atoms with Gasteiger partial charge in [-0.3, -0.25) is 0 Å². The van der Waals surface area contributed by atoms with Gasteiger partial charge in [-0.15, -0.1) is 0 Å². The molecule has 0 aromatic heterocycles. The predicted octanol–water partition coefficient (Wildman–Crippen LogP) is 6.42. The van der Waals surface area contributed by atoms with Crippen molar-refractivity contribution in [3.8, 4) is 0 Å². The van der Waals surface area contributed by atoms with E-state index in [0.29, 0.717) is 0 Å². The van der Waals surface area contributed by atoms with Gasteiger partial charge in [-0.05, 0) is 39.8 Å². The number of allylic oxidation sites excluding steroid dienone is 1. The zero-order valence-electron chi connectivity index (χ0n) is 21.4. The molecular formula is C29H40O3Si. The minimum atomic E-state index is -0.881. The van der Waals surface area contributed by atoms with Gasteiger partial charge in [0.2, 0.25) is 0 Å². The molecule has 0 amide bonds. The van der Waals surface area contributed by atoms with Crippen LogP contribution in [0, 0.1) is 16.7 Å². The maximum absolute atomic E-state index is 11.9. The summed E-state index contributed by atoms with van der Waals surface area (Å²) >= 11 is 0. The van der Waals surface area contributed by atoms with E-state index < -0.39 is 15.4 Å². The van der Waals surface area contributed by atoms with Crippen LogP contribution in [0.4, 0.5) is 0 Å². The Hall–Kier alpha value is -2.17. The van der Waals surface area contributed by atoms with Gasteiger partial charge in [0.1, 0.15) is 5.60 Å². The second kappa shape index (κ2) is 9.59. The summed E-state index contributed by atoms with van der Waals surface area (Å²) in [5.74, 6) is -0.0683. The van der Waals surface area contributed by atoms with Crippen molar-refractivity contribution in [2.75, 3.05) is 7.11 Å². The number of methoxy groups -OCH3 is 1. The molecule has 178 valence electrons. The Morgan fingerprint density at radius 3 is 1.94 bits per heavy atom. The highest BCUT2D eigenvalue weighted by molar-refractivity contribution is 6.32. The first-order chi connectivity index (χ1) is 15.5. The lowest BCUT2D eigenvalue weighted by Gasteiger charge is -2.50. The van der Waals surface area contributed by atoms with Crippen LogP contribution in [-0.2, 0) is 19.6 Å². The Morgan fingerprint density at radius 2 is 1.48 bits per heavy atom. The lowest BCUT2D eigenvalue weighted by Crippen LogP contribution is -2.48. The Kier molecular flexibility index (Phi) is 7.40. The third-order valence-corrected chi connectivity index (χ3v) is 9.18. The molecule has 3 nitrogen and oxygen atoms in total. The molecule has 1 aliphatic rings. The number of carbonyl (C=O) groups is 1. The molecule has 0 N–H and O–H groups in total. The van der Waals surface area contributed by atoms with E-state index in [9.17, 15) is 4.79 Å². The summed E-state index contributed by atoms with van der Waals surface area (Å²) in [5.41, 5.74) is 1.60. The van der Waals surface area contributed by atoms with Crippen LogP contribution < -0.4 is 0 Å². The molecule has 0 radical (unpaired) electrons.